The minimum Gasteiger partial charge on any atom is -0.379 e. The van der Waals surface area contributed by atoms with Crippen LogP contribution in [0.4, 0.5) is 0 Å². The second-order valence-electron chi connectivity index (χ2n) is 4.94. The fourth-order valence-corrected chi connectivity index (χ4v) is 2.35. The number of aliphatic imine (C=N–C) groups is 1. The van der Waals surface area contributed by atoms with Crippen LogP contribution in [0, 0.1) is 0 Å². The van der Waals surface area contributed by atoms with E-state index in [2.05, 4.69) is 66.0 Å². The molecule has 1 aliphatic rings. The zero-order chi connectivity index (χ0) is 14.3. The molecular weight excluding hydrogens is 256 g/mol. The standard InChI is InChI=1S/C19H18N2/c1-3-9-16(10-4-1)15-21-19(17-11-5-2-6-12-17)18-13-7-8-14-20-18/h1-14,18,20H,15H2. The van der Waals surface area contributed by atoms with Crippen molar-refractivity contribution in [1.29, 1.82) is 0 Å². The van der Waals surface area contributed by atoms with E-state index in [1.807, 2.05) is 24.4 Å². The molecule has 0 saturated carbocycles. The molecule has 0 bridgehead atoms. The van der Waals surface area contributed by atoms with Crippen LogP contribution in [0.3, 0.4) is 0 Å². The van der Waals surface area contributed by atoms with Gasteiger partial charge in [0.2, 0.25) is 0 Å². The zero-order valence-corrected chi connectivity index (χ0v) is 11.8. The second-order valence-corrected chi connectivity index (χ2v) is 4.94. The molecule has 1 aliphatic heterocycles. The highest BCUT2D eigenvalue weighted by Crippen LogP contribution is 2.11. The molecule has 2 aromatic carbocycles. The summed E-state index contributed by atoms with van der Waals surface area (Å²) < 4.78 is 0. The normalized spacial score (nSPS) is 17.5. The van der Waals surface area contributed by atoms with Gasteiger partial charge in [0.25, 0.3) is 0 Å². The molecule has 0 spiro atoms. The molecule has 0 saturated heterocycles. The van der Waals surface area contributed by atoms with Crippen molar-refractivity contribution in [1.82, 2.24) is 5.32 Å². The van der Waals surface area contributed by atoms with Crippen molar-refractivity contribution in [2.45, 2.75) is 12.6 Å². The van der Waals surface area contributed by atoms with Crippen molar-refractivity contribution in [3.05, 3.63) is 96.2 Å². The minimum atomic E-state index is 0.126. The van der Waals surface area contributed by atoms with Crippen LogP contribution < -0.4 is 5.32 Å². The number of nitrogens with one attached hydrogen (secondary N) is 1. The summed E-state index contributed by atoms with van der Waals surface area (Å²) in [6.07, 6.45) is 8.15. The molecule has 0 aliphatic carbocycles. The van der Waals surface area contributed by atoms with Crippen molar-refractivity contribution in [2.75, 3.05) is 0 Å². The lowest BCUT2D eigenvalue weighted by molar-refractivity contribution is 0.854. The number of benzene rings is 2. The van der Waals surface area contributed by atoms with Crippen LogP contribution in [0.25, 0.3) is 0 Å². The van der Waals surface area contributed by atoms with Gasteiger partial charge in [-0.1, -0.05) is 72.8 Å². The van der Waals surface area contributed by atoms with E-state index in [0.717, 1.165) is 11.3 Å². The van der Waals surface area contributed by atoms with Crippen molar-refractivity contribution in [3.63, 3.8) is 0 Å². The lowest BCUT2D eigenvalue weighted by atomic mass is 10.0. The fraction of sp³-hybridized carbons (Fsp3) is 0.105. The molecule has 0 fully saturated rings. The van der Waals surface area contributed by atoms with Gasteiger partial charge in [-0.25, -0.2) is 0 Å². The van der Waals surface area contributed by atoms with Gasteiger partial charge in [0.15, 0.2) is 0 Å². The largest absolute Gasteiger partial charge is 0.379 e. The smallest absolute Gasteiger partial charge is 0.0870 e. The predicted octanol–water partition coefficient (Wildman–Crippen LogP) is 3.72. The van der Waals surface area contributed by atoms with Gasteiger partial charge < -0.3 is 5.32 Å². The van der Waals surface area contributed by atoms with Gasteiger partial charge in [-0.3, -0.25) is 4.99 Å². The van der Waals surface area contributed by atoms with Gasteiger partial charge in [0.05, 0.1) is 18.3 Å². The molecular formula is C19H18N2. The van der Waals surface area contributed by atoms with Gasteiger partial charge >= 0.3 is 0 Å². The Balaban J connectivity index is 1.88. The van der Waals surface area contributed by atoms with Crippen LogP contribution in [-0.2, 0) is 6.54 Å². The third-order valence-corrected chi connectivity index (χ3v) is 3.43. The maximum Gasteiger partial charge on any atom is 0.0870 e. The highest BCUT2D eigenvalue weighted by Gasteiger charge is 2.14. The van der Waals surface area contributed by atoms with Crippen LogP contribution >= 0.6 is 0 Å². The molecule has 1 N–H and O–H groups in total. The molecule has 1 atom stereocenters. The van der Waals surface area contributed by atoms with E-state index >= 15 is 0 Å². The highest BCUT2D eigenvalue weighted by atomic mass is 14.9. The van der Waals surface area contributed by atoms with E-state index in [9.17, 15) is 0 Å². The summed E-state index contributed by atoms with van der Waals surface area (Å²) in [5.41, 5.74) is 3.45. The van der Waals surface area contributed by atoms with Gasteiger partial charge in [0, 0.05) is 0 Å². The number of rotatable bonds is 4. The Hall–Kier alpha value is -2.61. The first kappa shape index (κ1) is 13.4. The number of allylic oxidation sites excluding steroid dienone is 2. The van der Waals surface area contributed by atoms with E-state index in [1.54, 1.807) is 0 Å². The Morgan fingerprint density at radius 1 is 0.905 bits per heavy atom. The third kappa shape index (κ3) is 3.48. The molecule has 0 amide bonds. The zero-order valence-electron chi connectivity index (χ0n) is 11.8. The molecule has 1 unspecified atom stereocenters. The van der Waals surface area contributed by atoms with Gasteiger partial charge in [-0.2, -0.15) is 0 Å². The van der Waals surface area contributed by atoms with E-state index in [1.165, 1.54) is 5.56 Å². The molecule has 1 heterocycles. The maximum absolute atomic E-state index is 4.86. The number of dihydropyridines is 1. The molecule has 2 nitrogen and oxygen atoms in total. The molecule has 21 heavy (non-hydrogen) atoms. The summed E-state index contributed by atoms with van der Waals surface area (Å²) >= 11 is 0. The Labute approximate surface area is 125 Å². The van der Waals surface area contributed by atoms with Crippen LogP contribution in [-0.4, -0.2) is 11.8 Å². The Morgan fingerprint density at radius 2 is 1.62 bits per heavy atom. The molecule has 0 radical (unpaired) electrons. The predicted molar refractivity (Wildman–Crippen MR) is 88.3 cm³/mol. The molecule has 3 rings (SSSR count). The van der Waals surface area contributed by atoms with E-state index in [4.69, 9.17) is 4.99 Å². The third-order valence-electron chi connectivity index (χ3n) is 3.43. The summed E-state index contributed by atoms with van der Waals surface area (Å²) in [5, 5.41) is 3.36. The highest BCUT2D eigenvalue weighted by molar-refractivity contribution is 6.05. The Morgan fingerprint density at radius 3 is 2.29 bits per heavy atom. The quantitative estimate of drug-likeness (QED) is 0.844. The first-order valence-electron chi connectivity index (χ1n) is 7.16. The summed E-state index contributed by atoms with van der Waals surface area (Å²) in [6.45, 7) is 0.695. The van der Waals surface area contributed by atoms with Gasteiger partial charge in [-0.05, 0) is 23.4 Å². The van der Waals surface area contributed by atoms with Crippen molar-refractivity contribution >= 4 is 5.71 Å². The van der Waals surface area contributed by atoms with Crippen molar-refractivity contribution in [2.24, 2.45) is 4.99 Å². The molecule has 2 heteroatoms. The first-order valence-corrected chi connectivity index (χ1v) is 7.16. The van der Waals surface area contributed by atoms with Crippen LogP contribution in [0.1, 0.15) is 11.1 Å². The van der Waals surface area contributed by atoms with E-state index in [-0.39, 0.29) is 6.04 Å². The van der Waals surface area contributed by atoms with Crippen LogP contribution in [0.15, 0.2) is 90.1 Å². The number of hydrogen-bond acceptors (Lipinski definition) is 2. The van der Waals surface area contributed by atoms with Gasteiger partial charge in [-0.15, -0.1) is 0 Å². The van der Waals surface area contributed by atoms with Gasteiger partial charge in [0.1, 0.15) is 0 Å². The number of nitrogens with zero attached hydrogens (tertiary/aromatic N) is 1. The Kier molecular flexibility index (Phi) is 4.27. The maximum atomic E-state index is 4.86. The molecule has 0 aromatic heterocycles. The topological polar surface area (TPSA) is 24.4 Å². The summed E-state index contributed by atoms with van der Waals surface area (Å²) in [6, 6.07) is 20.8. The minimum absolute atomic E-state index is 0.126. The van der Waals surface area contributed by atoms with E-state index < -0.39 is 0 Å². The second kappa shape index (κ2) is 6.71. The number of hydrogen-bond donors (Lipinski definition) is 1. The van der Waals surface area contributed by atoms with E-state index in [0.29, 0.717) is 6.54 Å². The molecule has 104 valence electrons. The SMILES string of the molecule is C1=CNC(C(=NCc2ccccc2)c2ccccc2)C=C1. The monoisotopic (exact) mass is 274 g/mol. The Bertz CT molecular complexity index is 654. The average molecular weight is 274 g/mol. The van der Waals surface area contributed by atoms with Crippen LogP contribution in [0.2, 0.25) is 0 Å². The summed E-state index contributed by atoms with van der Waals surface area (Å²) in [7, 11) is 0. The fourth-order valence-electron chi connectivity index (χ4n) is 2.35. The van der Waals surface area contributed by atoms with Crippen molar-refractivity contribution < 1.29 is 0 Å². The molecule has 2 aromatic rings. The van der Waals surface area contributed by atoms with Crippen LogP contribution in [0.5, 0.6) is 0 Å². The summed E-state index contributed by atoms with van der Waals surface area (Å²) in [4.78, 5) is 4.86. The lowest BCUT2D eigenvalue weighted by Gasteiger charge is -2.19. The first-order chi connectivity index (χ1) is 10.4. The van der Waals surface area contributed by atoms with Crippen molar-refractivity contribution in [3.8, 4) is 0 Å². The average Bonchev–Trinajstić information content (AvgIpc) is 2.58. The summed E-state index contributed by atoms with van der Waals surface area (Å²) in [5.74, 6) is 0. The lowest BCUT2D eigenvalue weighted by Crippen LogP contribution is -2.33.